The maximum Gasteiger partial charge on any atom is 0.257 e. The molecule has 0 radical (unpaired) electrons. The number of nitrogens with zero attached hydrogens (tertiary/aromatic N) is 2. The van der Waals surface area contributed by atoms with E-state index in [1.54, 1.807) is 30.8 Å². The number of nitrogens with one attached hydrogen (secondary N) is 1. The lowest BCUT2D eigenvalue weighted by atomic mass is 10.2. The average Bonchev–Trinajstić information content (AvgIpc) is 3.20. The first-order valence-corrected chi connectivity index (χ1v) is 9.57. The summed E-state index contributed by atoms with van der Waals surface area (Å²) in [5.41, 5.74) is 1.37. The van der Waals surface area contributed by atoms with E-state index in [9.17, 15) is 4.79 Å². The lowest BCUT2D eigenvalue weighted by Gasteiger charge is -2.15. The van der Waals surface area contributed by atoms with Gasteiger partial charge in [0.15, 0.2) is 5.13 Å². The first-order valence-electron chi connectivity index (χ1n) is 8.69. The van der Waals surface area contributed by atoms with Gasteiger partial charge in [-0.05, 0) is 12.5 Å². The second kappa shape index (κ2) is 9.82. The molecule has 3 aromatic rings. The Balaban J connectivity index is 1.79. The van der Waals surface area contributed by atoms with Gasteiger partial charge in [0.2, 0.25) is 11.8 Å². The topological polar surface area (TPSA) is 82.6 Å². The van der Waals surface area contributed by atoms with E-state index in [0.717, 1.165) is 5.56 Å². The fourth-order valence-corrected chi connectivity index (χ4v) is 2.93. The molecule has 1 amide bonds. The van der Waals surface area contributed by atoms with Crippen molar-refractivity contribution in [3.05, 3.63) is 65.2 Å². The van der Waals surface area contributed by atoms with E-state index in [2.05, 4.69) is 15.3 Å². The van der Waals surface area contributed by atoms with Crippen LogP contribution in [0.25, 0.3) is 0 Å². The van der Waals surface area contributed by atoms with Crippen molar-refractivity contribution in [3.63, 3.8) is 0 Å². The quantitative estimate of drug-likeness (QED) is 0.590. The average molecular weight is 399 g/mol. The predicted octanol–water partition coefficient (Wildman–Crippen LogP) is 3.78. The Hall–Kier alpha value is -2.97. The summed E-state index contributed by atoms with van der Waals surface area (Å²) in [4.78, 5) is 21.0. The molecule has 0 fully saturated rings. The Morgan fingerprint density at radius 2 is 2.00 bits per heavy atom. The maximum absolute atomic E-state index is 12.6. The molecule has 0 aliphatic heterocycles. The number of rotatable bonds is 9. The normalized spacial score (nSPS) is 11.6. The molecule has 0 bridgehead atoms. The molecule has 0 saturated heterocycles. The van der Waals surface area contributed by atoms with Gasteiger partial charge in [0.05, 0.1) is 12.2 Å². The van der Waals surface area contributed by atoms with Crippen LogP contribution in [0.5, 0.6) is 11.8 Å². The van der Waals surface area contributed by atoms with E-state index in [1.807, 2.05) is 37.3 Å². The highest BCUT2D eigenvalue weighted by molar-refractivity contribution is 7.13. The standard InChI is InChI=1S/C20H21N3O4S/c1-14(12-25-2)27-18-11-16(19(24)23-20-21-8-9-28-20)10-17(22-18)26-13-15-6-4-3-5-7-15/h3-11,14H,12-13H2,1-2H3,(H,21,23,24). The van der Waals surface area contributed by atoms with Gasteiger partial charge in [0, 0.05) is 30.8 Å². The molecule has 7 nitrogen and oxygen atoms in total. The SMILES string of the molecule is COCC(C)Oc1cc(C(=O)Nc2nccs2)cc(OCc2ccccc2)n1. The fourth-order valence-electron chi connectivity index (χ4n) is 2.41. The third kappa shape index (κ3) is 5.77. The molecule has 28 heavy (non-hydrogen) atoms. The highest BCUT2D eigenvalue weighted by atomic mass is 32.1. The first kappa shape index (κ1) is 19.8. The number of benzene rings is 1. The molecule has 1 aromatic carbocycles. The van der Waals surface area contributed by atoms with Crippen molar-refractivity contribution in [2.75, 3.05) is 19.0 Å². The monoisotopic (exact) mass is 399 g/mol. The Labute approximate surface area is 167 Å². The summed E-state index contributed by atoms with van der Waals surface area (Å²) in [5, 5.41) is 5.06. The van der Waals surface area contributed by atoms with Crippen LogP contribution in [0.2, 0.25) is 0 Å². The summed E-state index contributed by atoms with van der Waals surface area (Å²) >= 11 is 1.34. The van der Waals surface area contributed by atoms with Crippen LogP contribution in [0.15, 0.2) is 54.0 Å². The molecule has 146 valence electrons. The number of aromatic nitrogens is 2. The molecule has 0 aliphatic rings. The number of hydrogen-bond acceptors (Lipinski definition) is 7. The number of carbonyl (C=O) groups is 1. The van der Waals surface area contributed by atoms with Crippen LogP contribution in [-0.2, 0) is 11.3 Å². The van der Waals surface area contributed by atoms with Crippen LogP contribution in [0, 0.1) is 0 Å². The minimum absolute atomic E-state index is 0.225. The van der Waals surface area contributed by atoms with Gasteiger partial charge < -0.3 is 14.2 Å². The van der Waals surface area contributed by atoms with Crippen LogP contribution in [0.4, 0.5) is 5.13 Å². The molecule has 0 spiro atoms. The van der Waals surface area contributed by atoms with Crippen molar-refractivity contribution in [2.45, 2.75) is 19.6 Å². The van der Waals surface area contributed by atoms with Gasteiger partial charge in [-0.15, -0.1) is 11.3 Å². The zero-order chi connectivity index (χ0) is 19.8. The second-order valence-corrected chi connectivity index (χ2v) is 6.88. The van der Waals surface area contributed by atoms with Gasteiger partial charge in [-0.2, -0.15) is 4.98 Å². The molecule has 1 N–H and O–H groups in total. The molecule has 0 saturated carbocycles. The van der Waals surface area contributed by atoms with Crippen molar-refractivity contribution in [2.24, 2.45) is 0 Å². The van der Waals surface area contributed by atoms with E-state index < -0.39 is 0 Å². The van der Waals surface area contributed by atoms with Crippen molar-refractivity contribution >= 4 is 22.4 Å². The zero-order valence-corrected chi connectivity index (χ0v) is 16.4. The van der Waals surface area contributed by atoms with Crippen LogP contribution in [0.3, 0.4) is 0 Å². The fraction of sp³-hybridized carbons (Fsp3) is 0.250. The number of hydrogen-bond donors (Lipinski definition) is 1. The lowest BCUT2D eigenvalue weighted by Crippen LogP contribution is -2.19. The summed E-state index contributed by atoms with van der Waals surface area (Å²) in [6.07, 6.45) is 1.40. The van der Waals surface area contributed by atoms with E-state index in [4.69, 9.17) is 14.2 Å². The third-order valence-electron chi connectivity index (χ3n) is 3.65. The summed E-state index contributed by atoms with van der Waals surface area (Å²) < 4.78 is 16.6. The van der Waals surface area contributed by atoms with Gasteiger partial charge in [-0.25, -0.2) is 4.98 Å². The number of carbonyl (C=O) groups excluding carboxylic acids is 1. The highest BCUT2D eigenvalue weighted by Gasteiger charge is 2.15. The smallest absolute Gasteiger partial charge is 0.257 e. The van der Waals surface area contributed by atoms with Crippen molar-refractivity contribution in [3.8, 4) is 11.8 Å². The summed E-state index contributed by atoms with van der Waals surface area (Å²) in [6, 6.07) is 12.9. The Kier molecular flexibility index (Phi) is 6.94. The largest absolute Gasteiger partial charge is 0.473 e. The van der Waals surface area contributed by atoms with E-state index >= 15 is 0 Å². The third-order valence-corrected chi connectivity index (χ3v) is 4.33. The lowest BCUT2D eigenvalue weighted by molar-refractivity contribution is 0.0879. The second-order valence-electron chi connectivity index (χ2n) is 5.98. The van der Waals surface area contributed by atoms with E-state index in [0.29, 0.717) is 35.7 Å². The van der Waals surface area contributed by atoms with Gasteiger partial charge in [0.25, 0.3) is 5.91 Å². The van der Waals surface area contributed by atoms with Crippen LogP contribution in [0.1, 0.15) is 22.8 Å². The number of amides is 1. The molecule has 2 aromatic heterocycles. The molecular formula is C20H21N3O4S. The minimum Gasteiger partial charge on any atom is -0.473 e. The van der Waals surface area contributed by atoms with Crippen molar-refractivity contribution in [1.29, 1.82) is 0 Å². The predicted molar refractivity (Wildman–Crippen MR) is 107 cm³/mol. The van der Waals surface area contributed by atoms with E-state index in [-0.39, 0.29) is 12.0 Å². The van der Waals surface area contributed by atoms with E-state index in [1.165, 1.54) is 11.3 Å². The molecule has 1 unspecified atom stereocenters. The van der Waals surface area contributed by atoms with Gasteiger partial charge >= 0.3 is 0 Å². The van der Waals surface area contributed by atoms with Gasteiger partial charge in [0.1, 0.15) is 12.7 Å². The van der Waals surface area contributed by atoms with Gasteiger partial charge in [-0.1, -0.05) is 30.3 Å². The maximum atomic E-state index is 12.6. The van der Waals surface area contributed by atoms with Crippen LogP contribution in [-0.4, -0.2) is 35.7 Å². The number of thiazole rings is 1. The molecular weight excluding hydrogens is 378 g/mol. The number of anilines is 1. The highest BCUT2D eigenvalue weighted by Crippen LogP contribution is 2.22. The summed E-state index contributed by atoms with van der Waals surface area (Å²) in [5.74, 6) is 0.279. The Bertz CT molecular complexity index is 888. The van der Waals surface area contributed by atoms with Crippen LogP contribution < -0.4 is 14.8 Å². The molecule has 2 heterocycles. The molecule has 3 rings (SSSR count). The Morgan fingerprint density at radius 1 is 1.21 bits per heavy atom. The van der Waals surface area contributed by atoms with Gasteiger partial charge in [-0.3, -0.25) is 10.1 Å². The number of pyridine rings is 1. The number of ether oxygens (including phenoxy) is 3. The minimum atomic E-state index is -0.314. The molecule has 1 atom stereocenters. The summed E-state index contributed by atoms with van der Waals surface area (Å²) in [6.45, 7) is 2.59. The molecule has 8 heteroatoms. The first-order chi connectivity index (χ1) is 13.6. The molecule has 0 aliphatic carbocycles. The summed E-state index contributed by atoms with van der Waals surface area (Å²) in [7, 11) is 1.60. The Morgan fingerprint density at radius 3 is 2.71 bits per heavy atom. The number of methoxy groups -OCH3 is 1. The zero-order valence-electron chi connectivity index (χ0n) is 15.6. The van der Waals surface area contributed by atoms with Crippen molar-refractivity contribution in [1.82, 2.24) is 9.97 Å². The van der Waals surface area contributed by atoms with Crippen molar-refractivity contribution < 1.29 is 19.0 Å². The van der Waals surface area contributed by atoms with Crippen LogP contribution >= 0.6 is 11.3 Å².